The summed E-state index contributed by atoms with van der Waals surface area (Å²) in [6.45, 7) is 1.86. The molecule has 3 aromatic carbocycles. The van der Waals surface area contributed by atoms with Gasteiger partial charge in [0.2, 0.25) is 11.1 Å². The lowest BCUT2D eigenvalue weighted by Crippen LogP contribution is -2.17. The van der Waals surface area contributed by atoms with Crippen molar-refractivity contribution in [1.29, 1.82) is 0 Å². The molecule has 4 rings (SSSR count). The minimum Gasteiger partial charge on any atom is -0.488 e. The number of halogens is 1. The lowest BCUT2D eigenvalue weighted by molar-refractivity contribution is -0.113. The van der Waals surface area contributed by atoms with Gasteiger partial charge in [-0.1, -0.05) is 47.6 Å². The van der Waals surface area contributed by atoms with Gasteiger partial charge in [-0.2, -0.15) is 5.10 Å². The van der Waals surface area contributed by atoms with Crippen LogP contribution < -0.4 is 21.3 Å². The van der Waals surface area contributed by atoms with Gasteiger partial charge in [0.1, 0.15) is 12.4 Å². The number of carbonyl (C=O) groups excluding carboxylic acids is 2. The lowest BCUT2D eigenvalue weighted by Gasteiger charge is -2.09. The lowest BCUT2D eigenvalue weighted by atomic mass is 10.1. The van der Waals surface area contributed by atoms with Gasteiger partial charge in [0, 0.05) is 21.8 Å². The first-order valence-electron chi connectivity index (χ1n) is 11.4. The standard InChI is InChI=1S/C26H24ClN7O3S/c1-17(35)19-8-12-22(13-9-19)30-24(36)16-38-26-33-32-25(34(26)28)31-29-14-20-4-2-3-5-23(20)37-15-18-6-10-21(27)11-7-18/h2-14H,15-16,28H2,1H3,(H,30,36)(H,31,32)/b29-14+. The maximum absolute atomic E-state index is 12.3. The number of anilines is 2. The maximum atomic E-state index is 12.3. The number of hydrogen-bond acceptors (Lipinski definition) is 9. The molecule has 4 N–H and O–H groups in total. The third-order valence-electron chi connectivity index (χ3n) is 5.17. The zero-order chi connectivity index (χ0) is 26.9. The second-order valence-corrected chi connectivity index (χ2v) is 9.35. The van der Waals surface area contributed by atoms with E-state index in [2.05, 4.69) is 26.0 Å². The van der Waals surface area contributed by atoms with E-state index in [4.69, 9.17) is 22.2 Å². The second-order valence-electron chi connectivity index (χ2n) is 7.97. The molecule has 0 aliphatic heterocycles. The van der Waals surface area contributed by atoms with Crippen LogP contribution in [0.25, 0.3) is 0 Å². The van der Waals surface area contributed by atoms with E-state index in [-0.39, 0.29) is 23.4 Å². The third kappa shape index (κ3) is 7.34. The molecule has 12 heteroatoms. The number of hydrogen-bond donors (Lipinski definition) is 3. The highest BCUT2D eigenvalue weighted by Crippen LogP contribution is 2.20. The molecule has 0 aliphatic carbocycles. The van der Waals surface area contributed by atoms with Gasteiger partial charge in [-0.15, -0.1) is 10.2 Å². The Bertz CT molecular complexity index is 1440. The van der Waals surface area contributed by atoms with Crippen molar-refractivity contribution in [1.82, 2.24) is 14.9 Å². The van der Waals surface area contributed by atoms with Crippen molar-refractivity contribution in [3.63, 3.8) is 0 Å². The van der Waals surface area contributed by atoms with Gasteiger partial charge >= 0.3 is 0 Å². The van der Waals surface area contributed by atoms with Crippen LogP contribution in [0.15, 0.2) is 83.1 Å². The Kier molecular flexibility index (Phi) is 8.96. The van der Waals surface area contributed by atoms with Crippen LogP contribution in [0, 0.1) is 0 Å². The Hall–Kier alpha value is -4.35. The Morgan fingerprint density at radius 2 is 1.82 bits per heavy atom. The van der Waals surface area contributed by atoms with Crippen LogP contribution in [0.4, 0.5) is 11.6 Å². The third-order valence-corrected chi connectivity index (χ3v) is 6.36. The molecule has 0 atom stereocenters. The summed E-state index contributed by atoms with van der Waals surface area (Å²) in [5.74, 6) is 6.67. The van der Waals surface area contributed by atoms with Crippen LogP contribution in [-0.2, 0) is 11.4 Å². The molecule has 0 aliphatic rings. The van der Waals surface area contributed by atoms with E-state index in [1.807, 2.05) is 48.5 Å². The van der Waals surface area contributed by atoms with Gasteiger partial charge in [0.25, 0.3) is 5.95 Å². The quantitative estimate of drug-likeness (QED) is 0.0811. The molecular weight excluding hydrogens is 526 g/mol. The number of amides is 1. The number of nitrogens with zero attached hydrogens (tertiary/aromatic N) is 4. The predicted molar refractivity (Wildman–Crippen MR) is 149 cm³/mol. The van der Waals surface area contributed by atoms with Crippen LogP contribution in [0.5, 0.6) is 5.75 Å². The van der Waals surface area contributed by atoms with Crippen molar-refractivity contribution < 1.29 is 14.3 Å². The number of ketones is 1. The normalized spacial score (nSPS) is 10.9. The largest absolute Gasteiger partial charge is 0.488 e. The summed E-state index contributed by atoms with van der Waals surface area (Å²) in [7, 11) is 0. The summed E-state index contributed by atoms with van der Waals surface area (Å²) < 4.78 is 7.14. The molecule has 38 heavy (non-hydrogen) atoms. The fourth-order valence-corrected chi connectivity index (χ4v) is 3.97. The van der Waals surface area contributed by atoms with E-state index in [1.54, 1.807) is 30.5 Å². The molecule has 0 fully saturated rings. The molecule has 1 amide bonds. The minimum absolute atomic E-state index is 0.0406. The SMILES string of the molecule is CC(=O)c1ccc(NC(=O)CSc2nnc(N/N=C/c3ccccc3OCc3ccc(Cl)cc3)n2N)cc1. The van der Waals surface area contributed by atoms with E-state index in [0.717, 1.165) is 22.9 Å². The van der Waals surface area contributed by atoms with Gasteiger partial charge in [0.15, 0.2) is 5.78 Å². The Morgan fingerprint density at radius 1 is 1.08 bits per heavy atom. The Labute approximate surface area is 228 Å². The summed E-state index contributed by atoms with van der Waals surface area (Å²) in [5, 5.41) is 15.9. The summed E-state index contributed by atoms with van der Waals surface area (Å²) in [6, 6.07) is 21.6. The maximum Gasteiger partial charge on any atom is 0.264 e. The van der Waals surface area contributed by atoms with E-state index in [9.17, 15) is 9.59 Å². The summed E-state index contributed by atoms with van der Waals surface area (Å²) in [5.41, 5.74) is 5.65. The number of para-hydroxylation sites is 1. The van der Waals surface area contributed by atoms with E-state index >= 15 is 0 Å². The number of Topliss-reactive ketones (excluding diaryl/α,β-unsaturated/α-hetero) is 1. The number of carbonyl (C=O) groups is 2. The number of nitrogen functional groups attached to an aromatic ring is 1. The molecule has 10 nitrogen and oxygen atoms in total. The van der Waals surface area contributed by atoms with Crippen LogP contribution in [-0.4, -0.2) is 38.5 Å². The number of thioether (sulfide) groups is 1. The van der Waals surface area contributed by atoms with E-state index < -0.39 is 0 Å². The van der Waals surface area contributed by atoms with Crippen LogP contribution in [0.3, 0.4) is 0 Å². The van der Waals surface area contributed by atoms with Gasteiger partial charge < -0.3 is 15.9 Å². The second kappa shape index (κ2) is 12.7. The first-order valence-corrected chi connectivity index (χ1v) is 12.7. The molecule has 0 radical (unpaired) electrons. The predicted octanol–water partition coefficient (Wildman–Crippen LogP) is 4.60. The van der Waals surface area contributed by atoms with E-state index in [0.29, 0.717) is 33.8 Å². The van der Waals surface area contributed by atoms with Crippen molar-refractivity contribution in [2.45, 2.75) is 18.7 Å². The fraction of sp³-hybridized carbons (Fsp3) is 0.115. The molecule has 4 aromatic rings. The van der Waals surface area contributed by atoms with Crippen molar-refractivity contribution in [2.75, 3.05) is 22.3 Å². The van der Waals surface area contributed by atoms with Crippen LogP contribution >= 0.6 is 23.4 Å². The molecule has 1 heterocycles. The highest BCUT2D eigenvalue weighted by atomic mass is 35.5. The monoisotopic (exact) mass is 549 g/mol. The number of nitrogens with one attached hydrogen (secondary N) is 2. The van der Waals surface area contributed by atoms with Crippen molar-refractivity contribution in [3.8, 4) is 5.75 Å². The number of nitrogens with two attached hydrogens (primary N) is 1. The molecule has 1 aromatic heterocycles. The molecule has 0 saturated carbocycles. The zero-order valence-corrected chi connectivity index (χ0v) is 21.9. The van der Waals surface area contributed by atoms with Crippen molar-refractivity contribution in [3.05, 3.63) is 94.5 Å². The average Bonchev–Trinajstić information content (AvgIpc) is 3.27. The molecule has 194 valence electrons. The Morgan fingerprint density at radius 3 is 2.55 bits per heavy atom. The summed E-state index contributed by atoms with van der Waals surface area (Å²) in [4.78, 5) is 23.7. The first-order chi connectivity index (χ1) is 18.4. The minimum atomic E-state index is -0.253. The number of hydrazone groups is 1. The molecule has 0 unspecified atom stereocenters. The zero-order valence-electron chi connectivity index (χ0n) is 20.3. The number of benzene rings is 3. The highest BCUT2D eigenvalue weighted by Gasteiger charge is 2.12. The average molecular weight is 550 g/mol. The smallest absolute Gasteiger partial charge is 0.264 e. The number of aromatic nitrogens is 3. The van der Waals surface area contributed by atoms with Crippen molar-refractivity contribution in [2.24, 2.45) is 5.10 Å². The molecule has 0 bridgehead atoms. The first kappa shape index (κ1) is 26.7. The molecule has 0 saturated heterocycles. The number of rotatable bonds is 11. The number of ether oxygens (including phenoxy) is 1. The van der Waals surface area contributed by atoms with Crippen molar-refractivity contribution >= 4 is 52.9 Å². The summed E-state index contributed by atoms with van der Waals surface area (Å²) >= 11 is 7.05. The Balaban J connectivity index is 1.29. The molecular formula is C26H24ClN7O3S. The summed E-state index contributed by atoms with van der Waals surface area (Å²) in [6.07, 6.45) is 1.59. The van der Waals surface area contributed by atoms with Gasteiger partial charge in [-0.25, -0.2) is 10.1 Å². The topological polar surface area (TPSA) is 137 Å². The van der Waals surface area contributed by atoms with Gasteiger partial charge in [-0.3, -0.25) is 9.59 Å². The van der Waals surface area contributed by atoms with E-state index in [1.165, 1.54) is 11.6 Å². The molecule has 0 spiro atoms. The highest BCUT2D eigenvalue weighted by molar-refractivity contribution is 7.99. The van der Waals surface area contributed by atoms with Gasteiger partial charge in [-0.05, 0) is 61.0 Å². The fourth-order valence-electron chi connectivity index (χ4n) is 3.19. The van der Waals surface area contributed by atoms with Crippen LogP contribution in [0.2, 0.25) is 5.02 Å². The van der Waals surface area contributed by atoms with Gasteiger partial charge in [0.05, 0.1) is 12.0 Å². The van der Waals surface area contributed by atoms with Crippen LogP contribution in [0.1, 0.15) is 28.4 Å².